The lowest BCUT2D eigenvalue weighted by Crippen LogP contribution is -2.25. The summed E-state index contributed by atoms with van der Waals surface area (Å²) in [4.78, 5) is 14.8. The number of carbonyl (C=O) groups is 1. The molecule has 2 heterocycles. The Morgan fingerprint density at radius 3 is 2.47 bits per heavy atom. The summed E-state index contributed by atoms with van der Waals surface area (Å²) in [5.41, 5.74) is 4.69. The van der Waals surface area contributed by atoms with E-state index in [4.69, 9.17) is 0 Å². The molecule has 5 heteroatoms. The summed E-state index contributed by atoms with van der Waals surface area (Å²) < 4.78 is 0. The van der Waals surface area contributed by atoms with Crippen molar-refractivity contribution >= 4 is 17.4 Å². The summed E-state index contributed by atoms with van der Waals surface area (Å²) >= 11 is 0. The third-order valence-corrected chi connectivity index (χ3v) is 5.47. The molecule has 1 aliphatic heterocycles. The van der Waals surface area contributed by atoms with Gasteiger partial charge in [0.15, 0.2) is 5.82 Å². The summed E-state index contributed by atoms with van der Waals surface area (Å²) in [6, 6.07) is 19.9. The van der Waals surface area contributed by atoms with Crippen LogP contribution in [-0.4, -0.2) is 29.2 Å². The van der Waals surface area contributed by atoms with E-state index in [0.29, 0.717) is 6.42 Å². The van der Waals surface area contributed by atoms with E-state index in [1.807, 2.05) is 61.5 Å². The van der Waals surface area contributed by atoms with Gasteiger partial charge in [-0.2, -0.15) is 0 Å². The van der Waals surface area contributed by atoms with Crippen molar-refractivity contribution in [1.29, 1.82) is 0 Å². The molecule has 5 nitrogen and oxygen atoms in total. The quantitative estimate of drug-likeness (QED) is 0.654. The Morgan fingerprint density at radius 2 is 1.73 bits per heavy atom. The number of carbonyl (C=O) groups excluding carboxylic acids is 1. The van der Waals surface area contributed by atoms with Gasteiger partial charge in [0.1, 0.15) is 0 Å². The zero-order valence-electron chi connectivity index (χ0n) is 17.5. The van der Waals surface area contributed by atoms with Crippen LogP contribution in [0.3, 0.4) is 0 Å². The van der Waals surface area contributed by atoms with Crippen molar-refractivity contribution in [1.82, 2.24) is 10.2 Å². The molecular weight excluding hydrogens is 372 g/mol. The second kappa shape index (κ2) is 9.53. The molecule has 30 heavy (non-hydrogen) atoms. The number of hydrogen-bond donors (Lipinski definition) is 1. The number of anilines is 2. The van der Waals surface area contributed by atoms with Crippen molar-refractivity contribution < 1.29 is 4.79 Å². The predicted octanol–water partition coefficient (Wildman–Crippen LogP) is 5.01. The summed E-state index contributed by atoms with van der Waals surface area (Å²) in [5.74, 6) is 0.920. The van der Waals surface area contributed by atoms with Crippen LogP contribution in [0.25, 0.3) is 11.3 Å². The minimum Gasteiger partial charge on any atom is -0.355 e. The standard InChI is InChI=1S/C25H28N4O/c1-19-8-6-9-20(16-19)17-25(30)26-22-11-7-10-21(18-22)23-12-13-24(28-27-23)29-14-4-2-3-5-15-29/h6-13,16,18H,2-5,14-15,17H2,1H3,(H,26,30). The molecule has 2 aromatic carbocycles. The fourth-order valence-corrected chi connectivity index (χ4v) is 3.92. The van der Waals surface area contributed by atoms with E-state index in [2.05, 4.69) is 26.5 Å². The lowest BCUT2D eigenvalue weighted by atomic mass is 10.1. The first-order valence-electron chi connectivity index (χ1n) is 10.7. The summed E-state index contributed by atoms with van der Waals surface area (Å²) in [6.45, 7) is 4.14. The Hall–Kier alpha value is -3.21. The summed E-state index contributed by atoms with van der Waals surface area (Å²) in [6.07, 6.45) is 5.38. The second-order valence-corrected chi connectivity index (χ2v) is 7.97. The van der Waals surface area contributed by atoms with E-state index in [1.165, 1.54) is 25.7 Å². The zero-order chi connectivity index (χ0) is 20.8. The van der Waals surface area contributed by atoms with Gasteiger partial charge >= 0.3 is 0 Å². The van der Waals surface area contributed by atoms with Crippen LogP contribution < -0.4 is 10.2 Å². The lowest BCUT2D eigenvalue weighted by molar-refractivity contribution is -0.115. The molecule has 1 fully saturated rings. The van der Waals surface area contributed by atoms with Crippen LogP contribution in [0, 0.1) is 6.92 Å². The number of amides is 1. The van der Waals surface area contributed by atoms with Gasteiger partial charge in [0.2, 0.25) is 5.91 Å². The third-order valence-electron chi connectivity index (χ3n) is 5.47. The Bertz CT molecular complexity index is 992. The van der Waals surface area contributed by atoms with Crippen molar-refractivity contribution in [2.75, 3.05) is 23.3 Å². The van der Waals surface area contributed by atoms with Gasteiger partial charge in [-0.3, -0.25) is 4.79 Å². The van der Waals surface area contributed by atoms with Gasteiger partial charge < -0.3 is 10.2 Å². The average molecular weight is 401 g/mol. The molecule has 0 bridgehead atoms. The molecule has 4 rings (SSSR count). The third kappa shape index (κ3) is 5.23. The highest BCUT2D eigenvalue weighted by molar-refractivity contribution is 5.92. The minimum absolute atomic E-state index is 0.0275. The van der Waals surface area contributed by atoms with E-state index in [9.17, 15) is 4.79 Å². The number of nitrogens with one attached hydrogen (secondary N) is 1. The van der Waals surface area contributed by atoms with Crippen LogP contribution in [0.5, 0.6) is 0 Å². The van der Waals surface area contributed by atoms with Gasteiger partial charge in [0.05, 0.1) is 12.1 Å². The maximum Gasteiger partial charge on any atom is 0.228 e. The van der Waals surface area contributed by atoms with E-state index in [0.717, 1.165) is 47.0 Å². The number of aromatic nitrogens is 2. The van der Waals surface area contributed by atoms with Gasteiger partial charge in [-0.15, -0.1) is 10.2 Å². The number of aryl methyl sites for hydroxylation is 1. The van der Waals surface area contributed by atoms with E-state index >= 15 is 0 Å². The van der Waals surface area contributed by atoms with Crippen LogP contribution in [0.1, 0.15) is 36.8 Å². The van der Waals surface area contributed by atoms with Crippen molar-refractivity contribution in [2.45, 2.75) is 39.0 Å². The fourth-order valence-electron chi connectivity index (χ4n) is 3.92. The molecular formula is C25H28N4O. The molecule has 0 spiro atoms. The van der Waals surface area contributed by atoms with Crippen LogP contribution >= 0.6 is 0 Å². The van der Waals surface area contributed by atoms with Gasteiger partial charge in [-0.05, 0) is 49.6 Å². The van der Waals surface area contributed by atoms with E-state index in [1.54, 1.807) is 0 Å². The number of benzene rings is 2. The van der Waals surface area contributed by atoms with E-state index < -0.39 is 0 Å². The molecule has 1 aliphatic rings. The second-order valence-electron chi connectivity index (χ2n) is 7.97. The first-order chi connectivity index (χ1) is 14.7. The topological polar surface area (TPSA) is 58.1 Å². The number of rotatable bonds is 5. The molecule has 0 aliphatic carbocycles. The van der Waals surface area contributed by atoms with Gasteiger partial charge in [0, 0.05) is 24.3 Å². The first-order valence-corrected chi connectivity index (χ1v) is 10.7. The first kappa shape index (κ1) is 20.1. The maximum absolute atomic E-state index is 12.4. The normalized spacial score (nSPS) is 14.2. The summed E-state index contributed by atoms with van der Waals surface area (Å²) in [7, 11) is 0. The van der Waals surface area contributed by atoms with Crippen molar-refractivity contribution in [2.24, 2.45) is 0 Å². The predicted molar refractivity (Wildman–Crippen MR) is 122 cm³/mol. The highest BCUT2D eigenvalue weighted by Crippen LogP contribution is 2.23. The Balaban J connectivity index is 1.43. The number of nitrogens with zero attached hydrogens (tertiary/aromatic N) is 3. The SMILES string of the molecule is Cc1cccc(CC(=O)Nc2cccc(-c3ccc(N4CCCCCC4)nn3)c2)c1. The van der Waals surface area contributed by atoms with Crippen LogP contribution in [0.4, 0.5) is 11.5 Å². The van der Waals surface area contributed by atoms with Crippen LogP contribution in [0.15, 0.2) is 60.7 Å². The smallest absolute Gasteiger partial charge is 0.228 e. The highest BCUT2D eigenvalue weighted by atomic mass is 16.1. The average Bonchev–Trinajstić information content (AvgIpc) is 3.04. The Labute approximate surface area is 178 Å². The highest BCUT2D eigenvalue weighted by Gasteiger charge is 2.12. The number of hydrogen-bond acceptors (Lipinski definition) is 4. The molecule has 0 radical (unpaired) electrons. The molecule has 0 saturated carbocycles. The molecule has 0 atom stereocenters. The van der Waals surface area contributed by atoms with Crippen molar-refractivity contribution in [3.8, 4) is 11.3 Å². The maximum atomic E-state index is 12.4. The van der Waals surface area contributed by atoms with Crippen LogP contribution in [0.2, 0.25) is 0 Å². The molecule has 1 N–H and O–H groups in total. The fraction of sp³-hybridized carbons (Fsp3) is 0.320. The van der Waals surface area contributed by atoms with Crippen molar-refractivity contribution in [3.05, 3.63) is 71.8 Å². The molecule has 1 amide bonds. The molecule has 154 valence electrons. The molecule has 3 aromatic rings. The minimum atomic E-state index is -0.0275. The Kier molecular flexibility index (Phi) is 6.38. The molecule has 1 aromatic heterocycles. The summed E-state index contributed by atoms with van der Waals surface area (Å²) in [5, 5.41) is 11.9. The largest absolute Gasteiger partial charge is 0.355 e. The monoisotopic (exact) mass is 400 g/mol. The van der Waals surface area contributed by atoms with Gasteiger partial charge in [0.25, 0.3) is 0 Å². The van der Waals surface area contributed by atoms with Crippen LogP contribution in [-0.2, 0) is 11.2 Å². The lowest BCUT2D eigenvalue weighted by Gasteiger charge is -2.20. The molecule has 1 saturated heterocycles. The molecule has 0 unspecified atom stereocenters. The van der Waals surface area contributed by atoms with Gasteiger partial charge in [-0.25, -0.2) is 0 Å². The van der Waals surface area contributed by atoms with Crippen molar-refractivity contribution in [3.63, 3.8) is 0 Å². The van der Waals surface area contributed by atoms with E-state index in [-0.39, 0.29) is 5.91 Å². The van der Waals surface area contributed by atoms with Gasteiger partial charge in [-0.1, -0.05) is 54.8 Å². The Morgan fingerprint density at radius 1 is 0.933 bits per heavy atom. The zero-order valence-corrected chi connectivity index (χ0v) is 17.5.